The van der Waals surface area contributed by atoms with E-state index in [1.165, 1.54) is 0 Å². The van der Waals surface area contributed by atoms with Crippen molar-refractivity contribution in [3.63, 3.8) is 0 Å². The fourth-order valence-corrected chi connectivity index (χ4v) is 5.96. The van der Waals surface area contributed by atoms with Crippen molar-refractivity contribution in [2.24, 2.45) is 0 Å². The van der Waals surface area contributed by atoms with Crippen molar-refractivity contribution < 1.29 is 18.5 Å². The van der Waals surface area contributed by atoms with Crippen LogP contribution in [0, 0.1) is 13.8 Å². The van der Waals surface area contributed by atoms with E-state index in [1.807, 2.05) is 26.0 Å². The van der Waals surface area contributed by atoms with Gasteiger partial charge >= 0.3 is 0 Å². The van der Waals surface area contributed by atoms with Gasteiger partial charge in [0.2, 0.25) is 0 Å². The fraction of sp³-hybridized carbons (Fsp3) is 0.286. The van der Waals surface area contributed by atoms with Gasteiger partial charge in [0.15, 0.2) is 0 Å². The number of nitrogens with zero attached hydrogens (tertiary/aromatic N) is 1. The van der Waals surface area contributed by atoms with E-state index < -0.39 is 10.8 Å². The fourth-order valence-electron chi connectivity index (χ4n) is 4.62. The molecule has 5 rings (SSSR count). The molecule has 2 heterocycles. The first kappa shape index (κ1) is 23.5. The second-order valence-electron chi connectivity index (χ2n) is 9.11. The summed E-state index contributed by atoms with van der Waals surface area (Å²) >= 11 is 0. The standard InChI is InChI=1S/C28H28N2O4S/c1-18-9-10-19(2)21(14-18)17-30-24-15-20(27(31)29-16-22-6-5-13-34-22)11-12-26(24)35(33)25-8-4-3-7-23(25)28(30)32/h3-4,7-12,14-15,22H,5-6,13,16-17H2,1-2H3,(H,29,31)/t22-,35+/m0/s1. The molecule has 7 heteroatoms. The van der Waals surface area contributed by atoms with Crippen LogP contribution in [0.4, 0.5) is 5.69 Å². The van der Waals surface area contributed by atoms with Crippen LogP contribution in [0.25, 0.3) is 0 Å². The molecule has 3 aromatic rings. The molecule has 6 nitrogen and oxygen atoms in total. The molecular weight excluding hydrogens is 460 g/mol. The van der Waals surface area contributed by atoms with Crippen molar-refractivity contribution in [1.29, 1.82) is 0 Å². The minimum atomic E-state index is -1.56. The van der Waals surface area contributed by atoms with E-state index in [1.54, 1.807) is 47.4 Å². The highest BCUT2D eigenvalue weighted by atomic mass is 32.2. The number of benzene rings is 3. The lowest BCUT2D eigenvalue weighted by atomic mass is 10.0. The van der Waals surface area contributed by atoms with Crippen molar-refractivity contribution in [3.8, 4) is 0 Å². The van der Waals surface area contributed by atoms with Gasteiger partial charge in [0.1, 0.15) is 0 Å². The molecule has 2 aliphatic heterocycles. The van der Waals surface area contributed by atoms with Crippen LogP contribution in [0.1, 0.15) is 50.2 Å². The zero-order valence-electron chi connectivity index (χ0n) is 19.9. The Morgan fingerprint density at radius 3 is 2.71 bits per heavy atom. The van der Waals surface area contributed by atoms with Gasteiger partial charge in [-0.3, -0.25) is 9.59 Å². The first-order chi connectivity index (χ1) is 16.9. The minimum absolute atomic E-state index is 0.0316. The lowest BCUT2D eigenvalue weighted by Gasteiger charge is -2.24. The molecule has 35 heavy (non-hydrogen) atoms. The van der Waals surface area contributed by atoms with Gasteiger partial charge in [-0.2, -0.15) is 0 Å². The highest BCUT2D eigenvalue weighted by Gasteiger charge is 2.32. The number of carbonyl (C=O) groups excluding carboxylic acids is 2. The van der Waals surface area contributed by atoms with Crippen LogP contribution in [0.5, 0.6) is 0 Å². The Kier molecular flexibility index (Phi) is 6.54. The number of carbonyl (C=O) groups is 2. The summed E-state index contributed by atoms with van der Waals surface area (Å²) in [6.45, 7) is 5.51. The monoisotopic (exact) mass is 488 g/mol. The normalized spacial score (nSPS) is 19.1. The highest BCUT2D eigenvalue weighted by Crippen LogP contribution is 2.36. The third-order valence-electron chi connectivity index (χ3n) is 6.62. The Balaban J connectivity index is 1.56. The van der Waals surface area contributed by atoms with Crippen LogP contribution in [0.2, 0.25) is 0 Å². The summed E-state index contributed by atoms with van der Waals surface area (Å²) in [4.78, 5) is 29.4. The minimum Gasteiger partial charge on any atom is -0.376 e. The molecule has 0 aliphatic carbocycles. The van der Waals surface area contributed by atoms with Gasteiger partial charge in [0, 0.05) is 18.7 Å². The first-order valence-electron chi connectivity index (χ1n) is 11.8. The van der Waals surface area contributed by atoms with Crippen LogP contribution in [0.3, 0.4) is 0 Å². The van der Waals surface area contributed by atoms with Crippen LogP contribution in [-0.2, 0) is 22.1 Å². The molecule has 0 spiro atoms. The van der Waals surface area contributed by atoms with Gasteiger partial charge in [-0.05, 0) is 68.1 Å². The van der Waals surface area contributed by atoms with Gasteiger partial charge in [-0.15, -0.1) is 0 Å². The number of hydrogen-bond donors (Lipinski definition) is 1. The molecule has 3 aromatic carbocycles. The molecule has 2 atom stereocenters. The van der Waals surface area contributed by atoms with Crippen LogP contribution in [0.15, 0.2) is 70.5 Å². The number of aryl methyl sites for hydroxylation is 2. The number of amides is 2. The molecule has 0 unspecified atom stereocenters. The lowest BCUT2D eigenvalue weighted by molar-refractivity contribution is 0.0857. The Morgan fingerprint density at radius 1 is 1.09 bits per heavy atom. The number of nitrogens with one attached hydrogen (secondary N) is 1. The van der Waals surface area contributed by atoms with Crippen molar-refractivity contribution >= 4 is 28.3 Å². The van der Waals surface area contributed by atoms with Crippen molar-refractivity contribution in [3.05, 3.63) is 88.5 Å². The number of fused-ring (bicyclic) bond motifs is 2. The molecular formula is C28H28N2O4S. The van der Waals surface area contributed by atoms with Crippen molar-refractivity contribution in [2.75, 3.05) is 18.1 Å². The average molecular weight is 489 g/mol. The predicted octanol–water partition coefficient (Wildman–Crippen LogP) is 4.54. The van der Waals surface area contributed by atoms with Crippen LogP contribution in [-0.4, -0.2) is 35.3 Å². The van der Waals surface area contributed by atoms with E-state index in [-0.39, 0.29) is 17.9 Å². The van der Waals surface area contributed by atoms with E-state index in [0.717, 1.165) is 36.1 Å². The maximum atomic E-state index is 13.8. The molecule has 1 saturated heterocycles. The molecule has 0 bridgehead atoms. The molecule has 0 aromatic heterocycles. The summed E-state index contributed by atoms with van der Waals surface area (Å²) < 4.78 is 19.2. The highest BCUT2D eigenvalue weighted by molar-refractivity contribution is 7.85. The van der Waals surface area contributed by atoms with Gasteiger partial charge in [-0.25, -0.2) is 4.21 Å². The summed E-state index contributed by atoms with van der Waals surface area (Å²) in [6, 6.07) is 18.2. The lowest BCUT2D eigenvalue weighted by Crippen LogP contribution is -2.33. The molecule has 180 valence electrons. The summed E-state index contributed by atoms with van der Waals surface area (Å²) in [5.41, 5.74) is 4.49. The first-order valence-corrected chi connectivity index (χ1v) is 13.0. The third-order valence-corrected chi connectivity index (χ3v) is 8.12. The summed E-state index contributed by atoms with van der Waals surface area (Å²) in [6.07, 6.45) is 1.96. The molecule has 1 N–H and O–H groups in total. The second-order valence-corrected chi connectivity index (χ2v) is 10.5. The van der Waals surface area contributed by atoms with Crippen LogP contribution < -0.4 is 10.2 Å². The largest absolute Gasteiger partial charge is 0.376 e. The number of anilines is 1. The summed E-state index contributed by atoms with van der Waals surface area (Å²) in [5, 5.41) is 2.94. The Labute approximate surface area is 207 Å². The molecule has 2 aliphatic rings. The molecule has 0 saturated carbocycles. The van der Waals surface area contributed by atoms with Gasteiger partial charge in [-0.1, -0.05) is 35.9 Å². The summed E-state index contributed by atoms with van der Waals surface area (Å²) in [5.74, 6) is -0.472. The molecule has 0 radical (unpaired) electrons. The maximum absolute atomic E-state index is 13.8. The van der Waals surface area contributed by atoms with Gasteiger partial charge in [0.05, 0.1) is 44.5 Å². The second kappa shape index (κ2) is 9.76. The SMILES string of the molecule is Cc1ccc(C)c(CN2C(=O)c3ccccc3[S@@](=O)c3ccc(C(=O)NC[C@@H]4CCCO4)cc32)c1. The Bertz CT molecular complexity index is 1330. The van der Waals surface area contributed by atoms with E-state index >= 15 is 0 Å². The number of rotatable bonds is 5. The quantitative estimate of drug-likeness (QED) is 0.572. The molecule has 1 fully saturated rings. The molecule has 2 amide bonds. The maximum Gasteiger partial charge on any atom is 0.259 e. The van der Waals surface area contributed by atoms with Crippen molar-refractivity contribution in [1.82, 2.24) is 5.32 Å². The summed E-state index contributed by atoms with van der Waals surface area (Å²) in [7, 11) is -1.56. The predicted molar refractivity (Wildman–Crippen MR) is 135 cm³/mol. The van der Waals surface area contributed by atoms with E-state index in [4.69, 9.17) is 4.74 Å². The zero-order valence-corrected chi connectivity index (χ0v) is 20.7. The van der Waals surface area contributed by atoms with Gasteiger partial charge < -0.3 is 15.0 Å². The van der Waals surface area contributed by atoms with E-state index in [2.05, 4.69) is 11.4 Å². The van der Waals surface area contributed by atoms with E-state index in [0.29, 0.717) is 39.7 Å². The number of ether oxygens (including phenoxy) is 1. The third kappa shape index (κ3) is 4.66. The number of hydrogen-bond acceptors (Lipinski definition) is 4. The Hall–Kier alpha value is -3.29. The van der Waals surface area contributed by atoms with Crippen LogP contribution >= 0.6 is 0 Å². The van der Waals surface area contributed by atoms with Gasteiger partial charge in [0.25, 0.3) is 11.8 Å². The Morgan fingerprint density at radius 2 is 1.91 bits per heavy atom. The topological polar surface area (TPSA) is 75.7 Å². The zero-order chi connectivity index (χ0) is 24.5. The smallest absolute Gasteiger partial charge is 0.259 e. The van der Waals surface area contributed by atoms with E-state index in [9.17, 15) is 13.8 Å². The average Bonchev–Trinajstić information content (AvgIpc) is 3.38. The van der Waals surface area contributed by atoms with Crippen molar-refractivity contribution in [2.45, 2.75) is 49.1 Å².